The monoisotopic (exact) mass is 379 g/mol. The van der Waals surface area contributed by atoms with Gasteiger partial charge in [-0.2, -0.15) is 0 Å². The van der Waals surface area contributed by atoms with Crippen LogP contribution in [-0.2, 0) is 0 Å². The van der Waals surface area contributed by atoms with Crippen LogP contribution in [0.2, 0.25) is 0 Å². The van der Waals surface area contributed by atoms with Gasteiger partial charge >= 0.3 is 0 Å². The van der Waals surface area contributed by atoms with Crippen LogP contribution in [0.4, 0.5) is 5.69 Å². The average Bonchev–Trinajstić information content (AvgIpc) is 2.77. The Hall–Kier alpha value is -3.79. The van der Waals surface area contributed by atoms with E-state index in [2.05, 4.69) is 15.3 Å². The van der Waals surface area contributed by atoms with E-state index < -0.39 is 0 Å². The Bertz CT molecular complexity index is 1100. The van der Waals surface area contributed by atoms with Crippen molar-refractivity contribution in [2.45, 2.75) is 13.8 Å². The van der Waals surface area contributed by atoms with Crippen LogP contribution in [0.3, 0.4) is 0 Å². The molecule has 4 aromatic rings. The molecule has 0 saturated heterocycles. The third kappa shape index (κ3) is 4.22. The maximum Gasteiger partial charge on any atom is 0.293 e. The maximum atomic E-state index is 13.0. The second-order valence-corrected chi connectivity index (χ2v) is 6.97. The van der Waals surface area contributed by atoms with Gasteiger partial charge in [-0.1, -0.05) is 72.8 Å². The number of hydrogen-bond acceptors (Lipinski definition) is 3. The predicted octanol–water partition coefficient (Wildman–Crippen LogP) is 5.68. The van der Waals surface area contributed by atoms with Gasteiger partial charge in [-0.05, 0) is 37.1 Å². The fraction of sp³-hybridized carbons (Fsp3) is 0.0800. The average molecular weight is 379 g/mol. The highest BCUT2D eigenvalue weighted by Gasteiger charge is 2.15. The van der Waals surface area contributed by atoms with E-state index in [1.54, 1.807) is 0 Å². The Morgan fingerprint density at radius 3 is 1.83 bits per heavy atom. The van der Waals surface area contributed by atoms with Gasteiger partial charge in [0.1, 0.15) is 0 Å². The Balaban J connectivity index is 1.77. The second-order valence-electron chi connectivity index (χ2n) is 6.97. The number of carbonyl (C=O) groups excluding carboxylic acids is 1. The molecule has 0 radical (unpaired) electrons. The summed E-state index contributed by atoms with van der Waals surface area (Å²) in [5.41, 5.74) is 6.14. The lowest BCUT2D eigenvalue weighted by Crippen LogP contribution is -2.17. The molecule has 4 heteroatoms. The van der Waals surface area contributed by atoms with Gasteiger partial charge in [0.2, 0.25) is 5.82 Å². The minimum atomic E-state index is -0.325. The smallest absolute Gasteiger partial charge is 0.293 e. The van der Waals surface area contributed by atoms with Crippen molar-refractivity contribution in [2.75, 3.05) is 5.32 Å². The Morgan fingerprint density at radius 2 is 1.28 bits per heavy atom. The van der Waals surface area contributed by atoms with Gasteiger partial charge in [-0.3, -0.25) is 4.79 Å². The summed E-state index contributed by atoms with van der Waals surface area (Å²) in [5, 5.41) is 2.96. The predicted molar refractivity (Wildman–Crippen MR) is 117 cm³/mol. The summed E-state index contributed by atoms with van der Waals surface area (Å²) < 4.78 is 0. The van der Waals surface area contributed by atoms with E-state index in [-0.39, 0.29) is 11.7 Å². The third-order valence-corrected chi connectivity index (χ3v) is 4.71. The van der Waals surface area contributed by atoms with E-state index in [1.165, 1.54) is 0 Å². The Kier molecular flexibility index (Phi) is 5.16. The molecule has 0 aliphatic rings. The van der Waals surface area contributed by atoms with Crippen LogP contribution >= 0.6 is 0 Å². The van der Waals surface area contributed by atoms with E-state index in [0.717, 1.165) is 27.9 Å². The highest BCUT2D eigenvalue weighted by Crippen LogP contribution is 2.24. The lowest BCUT2D eigenvalue weighted by atomic mass is 10.1. The molecule has 1 N–H and O–H groups in total. The van der Waals surface area contributed by atoms with Crippen LogP contribution in [0.5, 0.6) is 0 Å². The van der Waals surface area contributed by atoms with Gasteiger partial charge in [0.05, 0.1) is 11.4 Å². The number of nitrogens with one attached hydrogen (secondary N) is 1. The summed E-state index contributed by atoms with van der Waals surface area (Å²) in [5.74, 6) is -0.181. The number of aryl methyl sites for hydroxylation is 2. The molecule has 3 aromatic carbocycles. The second kappa shape index (κ2) is 8.07. The van der Waals surface area contributed by atoms with Crippen molar-refractivity contribution >= 4 is 11.6 Å². The first-order chi connectivity index (χ1) is 14.1. The Labute approximate surface area is 170 Å². The topological polar surface area (TPSA) is 54.9 Å². The molecule has 0 spiro atoms. The zero-order valence-electron chi connectivity index (χ0n) is 16.4. The van der Waals surface area contributed by atoms with Crippen molar-refractivity contribution in [2.24, 2.45) is 0 Å². The summed E-state index contributed by atoms with van der Waals surface area (Å²) in [6, 6.07) is 27.5. The molecular formula is C25H21N3O. The van der Waals surface area contributed by atoms with Gasteiger partial charge in [-0.15, -0.1) is 0 Å². The van der Waals surface area contributed by atoms with Crippen molar-refractivity contribution in [3.8, 4) is 22.5 Å². The highest BCUT2D eigenvalue weighted by atomic mass is 16.2. The zero-order chi connectivity index (χ0) is 20.2. The molecule has 0 aliphatic carbocycles. The number of benzene rings is 3. The van der Waals surface area contributed by atoms with E-state index >= 15 is 0 Å². The molecular weight excluding hydrogens is 358 g/mol. The first-order valence-corrected chi connectivity index (χ1v) is 9.49. The minimum absolute atomic E-state index is 0.145. The minimum Gasteiger partial charge on any atom is -0.319 e. The fourth-order valence-electron chi connectivity index (χ4n) is 3.11. The van der Waals surface area contributed by atoms with Crippen LogP contribution in [-0.4, -0.2) is 15.9 Å². The molecule has 1 heterocycles. The summed E-state index contributed by atoms with van der Waals surface area (Å²) >= 11 is 0. The van der Waals surface area contributed by atoms with E-state index in [1.807, 2.05) is 98.8 Å². The van der Waals surface area contributed by atoms with Crippen molar-refractivity contribution in [1.82, 2.24) is 9.97 Å². The lowest BCUT2D eigenvalue weighted by Gasteiger charge is -2.11. The molecule has 0 unspecified atom stereocenters. The van der Waals surface area contributed by atoms with Crippen molar-refractivity contribution in [3.05, 3.63) is 102 Å². The fourth-order valence-corrected chi connectivity index (χ4v) is 3.11. The van der Waals surface area contributed by atoms with Crippen molar-refractivity contribution in [3.63, 3.8) is 0 Å². The SMILES string of the molecule is Cc1ccc(C)c(NC(=O)c2nc(-c3ccccc3)cc(-c3ccccc3)n2)c1. The molecule has 4 rings (SSSR count). The van der Waals surface area contributed by atoms with Gasteiger partial charge < -0.3 is 5.32 Å². The van der Waals surface area contributed by atoms with E-state index in [4.69, 9.17) is 0 Å². The summed E-state index contributed by atoms with van der Waals surface area (Å²) in [6.45, 7) is 3.96. The highest BCUT2D eigenvalue weighted by molar-refractivity contribution is 6.02. The van der Waals surface area contributed by atoms with Crippen molar-refractivity contribution < 1.29 is 4.79 Å². The molecule has 0 atom stereocenters. The summed E-state index contributed by atoms with van der Waals surface area (Å²) in [6.07, 6.45) is 0. The molecule has 0 aliphatic heterocycles. The first kappa shape index (κ1) is 18.6. The molecule has 1 amide bonds. The number of anilines is 1. The number of carbonyl (C=O) groups is 1. The normalized spacial score (nSPS) is 10.6. The molecule has 0 fully saturated rings. The number of aromatic nitrogens is 2. The molecule has 0 bridgehead atoms. The zero-order valence-corrected chi connectivity index (χ0v) is 16.4. The van der Waals surface area contributed by atoms with Gasteiger partial charge in [0, 0.05) is 16.8 Å². The van der Waals surface area contributed by atoms with E-state index in [9.17, 15) is 4.79 Å². The largest absolute Gasteiger partial charge is 0.319 e. The number of amides is 1. The van der Waals surface area contributed by atoms with Crippen LogP contribution in [0.15, 0.2) is 84.9 Å². The van der Waals surface area contributed by atoms with Crippen LogP contribution in [0, 0.1) is 13.8 Å². The van der Waals surface area contributed by atoms with Crippen LogP contribution < -0.4 is 5.32 Å². The van der Waals surface area contributed by atoms with Crippen LogP contribution in [0.25, 0.3) is 22.5 Å². The number of rotatable bonds is 4. The van der Waals surface area contributed by atoms with Gasteiger partial charge in [0.15, 0.2) is 0 Å². The van der Waals surface area contributed by atoms with Gasteiger partial charge in [-0.25, -0.2) is 9.97 Å². The number of nitrogens with zero attached hydrogens (tertiary/aromatic N) is 2. The lowest BCUT2D eigenvalue weighted by molar-refractivity contribution is 0.101. The number of hydrogen-bond donors (Lipinski definition) is 1. The molecule has 1 aromatic heterocycles. The third-order valence-electron chi connectivity index (χ3n) is 4.71. The maximum absolute atomic E-state index is 13.0. The first-order valence-electron chi connectivity index (χ1n) is 9.49. The summed E-state index contributed by atoms with van der Waals surface area (Å²) in [4.78, 5) is 22.1. The van der Waals surface area contributed by atoms with E-state index in [0.29, 0.717) is 11.4 Å². The molecule has 29 heavy (non-hydrogen) atoms. The van der Waals surface area contributed by atoms with Gasteiger partial charge in [0.25, 0.3) is 5.91 Å². The summed E-state index contributed by atoms with van der Waals surface area (Å²) in [7, 11) is 0. The quantitative estimate of drug-likeness (QED) is 0.496. The molecule has 4 nitrogen and oxygen atoms in total. The standard InChI is InChI=1S/C25H21N3O/c1-17-13-14-18(2)21(15-17)28-25(29)24-26-22(19-9-5-3-6-10-19)16-23(27-24)20-11-7-4-8-12-20/h3-16H,1-2H3,(H,28,29). The Morgan fingerprint density at radius 1 is 0.724 bits per heavy atom. The van der Waals surface area contributed by atoms with Crippen molar-refractivity contribution in [1.29, 1.82) is 0 Å². The van der Waals surface area contributed by atoms with Crippen LogP contribution in [0.1, 0.15) is 21.7 Å². The molecule has 142 valence electrons. The molecule has 0 saturated carbocycles.